The molecule has 0 atom stereocenters. The molecule has 0 fully saturated rings. The molecule has 3 rings (SSSR count). The second-order valence-electron chi connectivity index (χ2n) is 4.98. The van der Waals surface area contributed by atoms with Crippen LogP contribution in [0.2, 0.25) is 0 Å². The Kier molecular flexibility index (Phi) is 4.40. The van der Waals surface area contributed by atoms with Crippen molar-refractivity contribution in [3.63, 3.8) is 0 Å². The Balaban J connectivity index is 1.90. The summed E-state index contributed by atoms with van der Waals surface area (Å²) in [6, 6.07) is 9.65. The van der Waals surface area contributed by atoms with Gasteiger partial charge in [0, 0.05) is 0 Å². The number of rotatable bonds is 5. The Bertz CT molecular complexity index is 891. The van der Waals surface area contributed by atoms with Crippen molar-refractivity contribution < 1.29 is 4.74 Å². The first-order chi connectivity index (χ1) is 10.7. The number of hydrogen-bond donors (Lipinski definition) is 1. The van der Waals surface area contributed by atoms with Gasteiger partial charge in [-0.25, -0.2) is 0 Å². The first-order valence-corrected chi connectivity index (χ1v) is 8.40. The van der Waals surface area contributed by atoms with Crippen LogP contribution in [0.15, 0.2) is 40.5 Å². The average molecular weight is 332 g/mol. The normalized spacial score (nSPS) is 11.0. The minimum Gasteiger partial charge on any atom is -0.494 e. The highest BCUT2D eigenvalue weighted by Crippen LogP contribution is 2.16. The molecule has 3 aromatic rings. The van der Waals surface area contributed by atoms with Crippen molar-refractivity contribution in [2.24, 2.45) is 0 Å². The van der Waals surface area contributed by atoms with Gasteiger partial charge >= 0.3 is 0 Å². The van der Waals surface area contributed by atoms with Gasteiger partial charge in [-0.05, 0) is 47.8 Å². The van der Waals surface area contributed by atoms with Crippen molar-refractivity contribution >= 4 is 33.8 Å². The molecule has 0 spiro atoms. The van der Waals surface area contributed by atoms with E-state index in [0.29, 0.717) is 22.6 Å². The fourth-order valence-corrected chi connectivity index (χ4v) is 3.26. The number of aromatic nitrogens is 2. The molecule has 0 unspecified atom stereocenters. The van der Waals surface area contributed by atoms with Crippen LogP contribution >= 0.6 is 23.6 Å². The van der Waals surface area contributed by atoms with Crippen LogP contribution in [0.3, 0.4) is 0 Å². The molecule has 1 N–H and O–H groups in total. The van der Waals surface area contributed by atoms with Crippen LogP contribution in [0.5, 0.6) is 5.75 Å². The quantitative estimate of drug-likeness (QED) is 0.720. The molecule has 0 saturated heterocycles. The van der Waals surface area contributed by atoms with Crippen LogP contribution in [0.1, 0.15) is 18.9 Å². The van der Waals surface area contributed by atoms with Crippen molar-refractivity contribution in [3.8, 4) is 5.75 Å². The molecule has 0 aliphatic carbocycles. The third kappa shape index (κ3) is 2.98. The number of benzene rings is 1. The molecule has 114 valence electrons. The van der Waals surface area contributed by atoms with E-state index in [0.717, 1.165) is 23.3 Å². The molecule has 0 saturated carbocycles. The number of ether oxygens (including phenoxy) is 1. The average Bonchev–Trinajstić information content (AvgIpc) is 2.99. The van der Waals surface area contributed by atoms with E-state index in [1.165, 1.54) is 11.3 Å². The zero-order chi connectivity index (χ0) is 15.5. The Morgan fingerprint density at radius 1 is 1.27 bits per heavy atom. The second kappa shape index (κ2) is 6.46. The Labute approximate surface area is 137 Å². The predicted octanol–water partition coefficient (Wildman–Crippen LogP) is 3.96. The zero-order valence-electron chi connectivity index (χ0n) is 12.2. The first kappa shape index (κ1) is 15.0. The fraction of sp³-hybridized carbons (Fsp3) is 0.250. The molecule has 0 radical (unpaired) electrons. The maximum absolute atomic E-state index is 12.5. The molecule has 0 aliphatic heterocycles. The predicted molar refractivity (Wildman–Crippen MR) is 92.6 cm³/mol. The van der Waals surface area contributed by atoms with Gasteiger partial charge in [0.1, 0.15) is 10.4 Å². The van der Waals surface area contributed by atoms with Crippen LogP contribution in [-0.2, 0) is 6.54 Å². The highest BCUT2D eigenvalue weighted by Gasteiger charge is 2.07. The van der Waals surface area contributed by atoms with E-state index in [9.17, 15) is 4.79 Å². The highest BCUT2D eigenvalue weighted by atomic mass is 32.1. The van der Waals surface area contributed by atoms with Crippen molar-refractivity contribution in [1.82, 2.24) is 9.55 Å². The third-order valence-corrected chi connectivity index (χ3v) is 4.55. The van der Waals surface area contributed by atoms with E-state index >= 15 is 0 Å². The van der Waals surface area contributed by atoms with Crippen LogP contribution in [0.4, 0.5) is 0 Å². The van der Waals surface area contributed by atoms with Crippen molar-refractivity contribution in [3.05, 3.63) is 56.4 Å². The lowest BCUT2D eigenvalue weighted by Gasteiger charge is -2.08. The minimum absolute atomic E-state index is 0.0416. The monoisotopic (exact) mass is 332 g/mol. The lowest BCUT2D eigenvalue weighted by atomic mass is 10.2. The molecule has 0 aliphatic rings. The number of nitrogens with zero attached hydrogens (tertiary/aromatic N) is 1. The number of H-pyrrole nitrogens is 1. The molecular weight excluding hydrogens is 316 g/mol. The Hall–Kier alpha value is -1.92. The van der Waals surface area contributed by atoms with Gasteiger partial charge in [-0.2, -0.15) is 0 Å². The summed E-state index contributed by atoms with van der Waals surface area (Å²) in [6.45, 7) is 3.23. The number of aromatic amines is 1. The maximum atomic E-state index is 12.5. The van der Waals surface area contributed by atoms with Crippen LogP contribution in [0.25, 0.3) is 10.2 Å². The Morgan fingerprint density at radius 2 is 2.05 bits per heavy atom. The van der Waals surface area contributed by atoms with Gasteiger partial charge in [0.25, 0.3) is 5.56 Å². The molecule has 0 amide bonds. The topological polar surface area (TPSA) is 47.0 Å². The van der Waals surface area contributed by atoms with Gasteiger partial charge in [0.15, 0.2) is 4.77 Å². The van der Waals surface area contributed by atoms with Crippen molar-refractivity contribution in [1.29, 1.82) is 0 Å². The summed E-state index contributed by atoms with van der Waals surface area (Å²) in [4.78, 5) is 15.6. The molecule has 6 heteroatoms. The summed E-state index contributed by atoms with van der Waals surface area (Å²) in [5.41, 5.74) is 1.78. The van der Waals surface area contributed by atoms with E-state index in [1.807, 2.05) is 35.7 Å². The maximum Gasteiger partial charge on any atom is 0.272 e. The van der Waals surface area contributed by atoms with Gasteiger partial charge in [-0.15, -0.1) is 11.3 Å². The smallest absolute Gasteiger partial charge is 0.272 e. The fourth-order valence-electron chi connectivity index (χ4n) is 2.21. The van der Waals surface area contributed by atoms with Gasteiger partial charge < -0.3 is 9.72 Å². The van der Waals surface area contributed by atoms with Gasteiger partial charge in [0.05, 0.1) is 18.7 Å². The Morgan fingerprint density at radius 3 is 2.77 bits per heavy atom. The zero-order valence-corrected chi connectivity index (χ0v) is 13.8. The summed E-state index contributed by atoms with van der Waals surface area (Å²) in [5, 5.41) is 1.89. The number of thiophene rings is 1. The van der Waals surface area contributed by atoms with Gasteiger partial charge in [-0.1, -0.05) is 19.1 Å². The van der Waals surface area contributed by atoms with E-state index < -0.39 is 0 Å². The summed E-state index contributed by atoms with van der Waals surface area (Å²) >= 11 is 6.73. The minimum atomic E-state index is -0.0416. The standard InChI is InChI=1S/C16H16N2O2S2/c1-2-8-20-12-5-3-11(4-6-12)10-18-15(19)14-13(7-9-22-14)17-16(18)21/h3-7,9H,2,8,10H2,1H3,(H,17,21). The second-order valence-corrected chi connectivity index (χ2v) is 6.28. The van der Waals surface area contributed by atoms with Crippen molar-refractivity contribution in [2.75, 3.05) is 6.61 Å². The molecule has 2 heterocycles. The van der Waals surface area contributed by atoms with E-state index in [2.05, 4.69) is 11.9 Å². The van der Waals surface area contributed by atoms with E-state index in [-0.39, 0.29) is 5.56 Å². The summed E-state index contributed by atoms with van der Waals surface area (Å²) in [6.07, 6.45) is 0.979. The lowest BCUT2D eigenvalue weighted by molar-refractivity contribution is 0.317. The molecular formula is C16H16N2O2S2. The first-order valence-electron chi connectivity index (χ1n) is 7.11. The highest BCUT2D eigenvalue weighted by molar-refractivity contribution is 7.71. The van der Waals surface area contributed by atoms with Gasteiger partial charge in [-0.3, -0.25) is 9.36 Å². The molecule has 22 heavy (non-hydrogen) atoms. The SMILES string of the molecule is CCCOc1ccc(Cn2c(=S)[nH]c3ccsc3c2=O)cc1. The third-order valence-electron chi connectivity index (χ3n) is 3.33. The van der Waals surface area contributed by atoms with Gasteiger partial charge in [0.2, 0.25) is 0 Å². The lowest BCUT2D eigenvalue weighted by Crippen LogP contribution is -2.21. The molecule has 4 nitrogen and oxygen atoms in total. The van der Waals surface area contributed by atoms with Crippen molar-refractivity contribution in [2.45, 2.75) is 19.9 Å². The number of nitrogens with one attached hydrogen (secondary N) is 1. The van der Waals surface area contributed by atoms with Crippen LogP contribution in [-0.4, -0.2) is 16.2 Å². The summed E-state index contributed by atoms with van der Waals surface area (Å²) < 4.78 is 8.31. The van der Waals surface area contributed by atoms with Crippen LogP contribution in [0, 0.1) is 4.77 Å². The van der Waals surface area contributed by atoms with Crippen LogP contribution < -0.4 is 10.3 Å². The van der Waals surface area contributed by atoms with E-state index in [1.54, 1.807) is 4.57 Å². The molecule has 0 bridgehead atoms. The largest absolute Gasteiger partial charge is 0.494 e. The number of fused-ring (bicyclic) bond motifs is 1. The van der Waals surface area contributed by atoms with E-state index in [4.69, 9.17) is 17.0 Å². The number of hydrogen-bond acceptors (Lipinski definition) is 4. The summed E-state index contributed by atoms with van der Waals surface area (Å²) in [7, 11) is 0. The molecule has 1 aromatic carbocycles. The molecule has 2 aromatic heterocycles. The summed E-state index contributed by atoms with van der Waals surface area (Å²) in [5.74, 6) is 0.844.